The Balaban J connectivity index is 1.98. The van der Waals surface area contributed by atoms with Crippen LogP contribution in [0.1, 0.15) is 18.9 Å². The van der Waals surface area contributed by atoms with Crippen molar-refractivity contribution in [2.75, 3.05) is 0 Å². The van der Waals surface area contributed by atoms with E-state index in [-0.39, 0.29) is 0 Å². The summed E-state index contributed by atoms with van der Waals surface area (Å²) < 4.78 is 36.6. The second-order valence-electron chi connectivity index (χ2n) is 4.78. The summed E-state index contributed by atoms with van der Waals surface area (Å²) in [7, 11) is 0. The molecule has 1 atom stereocenters. The number of fused-ring (bicyclic) bond motifs is 1. The lowest BCUT2D eigenvalue weighted by atomic mass is 10.1. The van der Waals surface area contributed by atoms with Crippen molar-refractivity contribution in [2.24, 2.45) is 0 Å². The highest BCUT2D eigenvalue weighted by atomic mass is 19.4. The van der Waals surface area contributed by atoms with Crippen LogP contribution in [0.4, 0.5) is 13.2 Å². The van der Waals surface area contributed by atoms with Crippen molar-refractivity contribution in [3.8, 4) is 0 Å². The lowest BCUT2D eigenvalue weighted by Gasteiger charge is -2.16. The van der Waals surface area contributed by atoms with Crippen LogP contribution in [0.3, 0.4) is 0 Å². The predicted octanol–water partition coefficient (Wildman–Crippen LogP) is 4.27. The van der Waals surface area contributed by atoms with Gasteiger partial charge in [-0.2, -0.15) is 13.2 Å². The van der Waals surface area contributed by atoms with Gasteiger partial charge in [0.15, 0.2) is 0 Å². The van der Waals surface area contributed by atoms with Crippen LogP contribution in [0, 0.1) is 0 Å². The predicted molar refractivity (Wildman–Crippen MR) is 70.9 cm³/mol. The molecule has 1 N–H and O–H groups in total. The van der Waals surface area contributed by atoms with Crippen LogP contribution in [-0.2, 0) is 6.54 Å². The van der Waals surface area contributed by atoms with Gasteiger partial charge in [-0.05, 0) is 29.3 Å². The Morgan fingerprint density at radius 3 is 2.42 bits per heavy atom. The topological polar surface area (TPSA) is 12.0 Å². The Kier molecular flexibility index (Phi) is 4.10. The van der Waals surface area contributed by atoms with E-state index in [2.05, 4.69) is 5.32 Å². The normalized spacial score (nSPS) is 13.7. The van der Waals surface area contributed by atoms with Crippen molar-refractivity contribution in [3.63, 3.8) is 0 Å². The molecule has 1 unspecified atom stereocenters. The maximum Gasteiger partial charge on any atom is 0.390 e. The van der Waals surface area contributed by atoms with E-state index in [0.717, 1.165) is 16.3 Å². The smallest absolute Gasteiger partial charge is 0.310 e. The number of alkyl halides is 3. The molecule has 1 nitrogen and oxygen atoms in total. The van der Waals surface area contributed by atoms with Gasteiger partial charge in [0.1, 0.15) is 0 Å². The van der Waals surface area contributed by atoms with E-state index in [9.17, 15) is 13.2 Å². The summed E-state index contributed by atoms with van der Waals surface area (Å²) in [5.74, 6) is 0. The largest absolute Gasteiger partial charge is 0.390 e. The minimum atomic E-state index is -4.12. The minimum Gasteiger partial charge on any atom is -0.310 e. The quantitative estimate of drug-likeness (QED) is 0.872. The first-order chi connectivity index (χ1) is 8.94. The van der Waals surface area contributed by atoms with Crippen molar-refractivity contribution in [1.82, 2.24) is 5.32 Å². The first-order valence-electron chi connectivity index (χ1n) is 6.22. The van der Waals surface area contributed by atoms with Crippen molar-refractivity contribution < 1.29 is 13.2 Å². The maximum atomic E-state index is 12.2. The second kappa shape index (κ2) is 5.61. The fraction of sp³-hybridized carbons (Fsp3) is 0.333. The van der Waals surface area contributed by atoms with Gasteiger partial charge in [0, 0.05) is 12.6 Å². The lowest BCUT2D eigenvalue weighted by molar-refractivity contribution is -0.139. The van der Waals surface area contributed by atoms with Gasteiger partial charge >= 0.3 is 6.18 Å². The molecular weight excluding hydrogens is 251 g/mol. The number of nitrogens with one attached hydrogen (secondary N) is 1. The fourth-order valence-electron chi connectivity index (χ4n) is 2.06. The standard InChI is InChI=1S/C15H16F3N/c1-11(9-15(16,17)18)19-10-12-6-7-13-4-2-3-5-14(13)8-12/h2-8,11,19H,9-10H2,1H3. The average molecular weight is 267 g/mol. The van der Waals surface area contributed by atoms with E-state index < -0.39 is 18.6 Å². The van der Waals surface area contributed by atoms with Crippen molar-refractivity contribution in [3.05, 3.63) is 48.0 Å². The first kappa shape index (κ1) is 13.9. The van der Waals surface area contributed by atoms with E-state index >= 15 is 0 Å². The number of hydrogen-bond donors (Lipinski definition) is 1. The third-order valence-electron chi connectivity index (χ3n) is 3.01. The molecule has 0 saturated heterocycles. The maximum absolute atomic E-state index is 12.2. The second-order valence-corrected chi connectivity index (χ2v) is 4.78. The fourth-order valence-corrected chi connectivity index (χ4v) is 2.06. The van der Waals surface area contributed by atoms with E-state index in [1.165, 1.54) is 0 Å². The molecule has 0 aromatic heterocycles. The molecule has 0 amide bonds. The average Bonchev–Trinajstić information content (AvgIpc) is 2.34. The Morgan fingerprint density at radius 1 is 1.05 bits per heavy atom. The Bertz CT molecular complexity index is 548. The van der Waals surface area contributed by atoms with Gasteiger partial charge in [0.25, 0.3) is 0 Å². The summed E-state index contributed by atoms with van der Waals surface area (Å²) in [6.45, 7) is 2.00. The summed E-state index contributed by atoms with van der Waals surface area (Å²) in [6.07, 6.45) is -4.92. The monoisotopic (exact) mass is 267 g/mol. The number of benzene rings is 2. The highest BCUT2D eigenvalue weighted by Crippen LogP contribution is 2.21. The lowest BCUT2D eigenvalue weighted by Crippen LogP contribution is -2.30. The third kappa shape index (κ3) is 4.24. The molecule has 0 aliphatic heterocycles. The summed E-state index contributed by atoms with van der Waals surface area (Å²) >= 11 is 0. The van der Waals surface area contributed by atoms with Gasteiger partial charge in [0.2, 0.25) is 0 Å². The molecular formula is C15H16F3N. The molecule has 0 saturated carbocycles. The van der Waals surface area contributed by atoms with Crippen LogP contribution >= 0.6 is 0 Å². The molecule has 0 heterocycles. The Labute approximate surface area is 110 Å². The SMILES string of the molecule is CC(CC(F)(F)F)NCc1ccc2ccccc2c1. The van der Waals surface area contributed by atoms with Crippen LogP contribution in [0.5, 0.6) is 0 Å². The van der Waals surface area contributed by atoms with Crippen LogP contribution in [0.15, 0.2) is 42.5 Å². The van der Waals surface area contributed by atoms with E-state index in [1.54, 1.807) is 6.92 Å². The molecule has 0 bridgehead atoms. The highest BCUT2D eigenvalue weighted by molar-refractivity contribution is 5.82. The summed E-state index contributed by atoms with van der Waals surface area (Å²) in [5, 5.41) is 5.14. The molecule has 19 heavy (non-hydrogen) atoms. The highest BCUT2D eigenvalue weighted by Gasteiger charge is 2.29. The van der Waals surface area contributed by atoms with Crippen molar-refractivity contribution in [2.45, 2.75) is 32.1 Å². The molecule has 2 rings (SSSR count). The Hall–Kier alpha value is -1.55. The van der Waals surface area contributed by atoms with Crippen molar-refractivity contribution >= 4 is 10.8 Å². The van der Waals surface area contributed by atoms with Crippen LogP contribution in [0.2, 0.25) is 0 Å². The van der Waals surface area contributed by atoms with Crippen LogP contribution in [0.25, 0.3) is 10.8 Å². The molecule has 0 radical (unpaired) electrons. The summed E-state index contributed by atoms with van der Waals surface area (Å²) in [5.41, 5.74) is 0.993. The van der Waals surface area contributed by atoms with Gasteiger partial charge in [-0.15, -0.1) is 0 Å². The van der Waals surface area contributed by atoms with Gasteiger partial charge in [0.05, 0.1) is 6.42 Å². The zero-order valence-electron chi connectivity index (χ0n) is 10.7. The molecule has 4 heteroatoms. The minimum absolute atomic E-state index is 0.447. The van der Waals surface area contributed by atoms with Gasteiger partial charge < -0.3 is 5.32 Å². The van der Waals surface area contributed by atoms with Crippen LogP contribution < -0.4 is 5.32 Å². The zero-order chi connectivity index (χ0) is 13.9. The molecule has 0 fully saturated rings. The summed E-state index contributed by atoms with van der Waals surface area (Å²) in [6, 6.07) is 13.3. The first-order valence-corrected chi connectivity index (χ1v) is 6.22. The van der Waals surface area contributed by atoms with Gasteiger partial charge in [-0.1, -0.05) is 36.4 Å². The van der Waals surface area contributed by atoms with E-state index in [0.29, 0.717) is 6.54 Å². The van der Waals surface area contributed by atoms with Crippen LogP contribution in [-0.4, -0.2) is 12.2 Å². The van der Waals surface area contributed by atoms with Crippen molar-refractivity contribution in [1.29, 1.82) is 0 Å². The van der Waals surface area contributed by atoms with E-state index in [4.69, 9.17) is 0 Å². The molecule has 2 aromatic rings. The van der Waals surface area contributed by atoms with E-state index in [1.807, 2.05) is 42.5 Å². The van der Waals surface area contributed by atoms with Gasteiger partial charge in [-0.25, -0.2) is 0 Å². The molecule has 0 spiro atoms. The molecule has 0 aliphatic carbocycles. The third-order valence-corrected chi connectivity index (χ3v) is 3.01. The van der Waals surface area contributed by atoms with Gasteiger partial charge in [-0.3, -0.25) is 0 Å². The summed E-state index contributed by atoms with van der Waals surface area (Å²) in [4.78, 5) is 0. The zero-order valence-corrected chi connectivity index (χ0v) is 10.7. The molecule has 2 aromatic carbocycles. The number of rotatable bonds is 4. The molecule has 0 aliphatic rings. The number of hydrogen-bond acceptors (Lipinski definition) is 1. The molecule has 102 valence electrons. The Morgan fingerprint density at radius 2 is 1.74 bits per heavy atom. The number of halogens is 3.